The lowest BCUT2D eigenvalue weighted by molar-refractivity contribution is -0.137. The summed E-state index contributed by atoms with van der Waals surface area (Å²) in [5.41, 5.74) is -0.171. The maximum Gasteiger partial charge on any atom is 0.249 e. The van der Waals surface area contributed by atoms with Gasteiger partial charge in [-0.15, -0.1) is 0 Å². The number of hydrogen-bond donors (Lipinski definition) is 0. The molecule has 3 heteroatoms. The topological polar surface area (TPSA) is 48.2 Å². The van der Waals surface area contributed by atoms with Gasteiger partial charge in [-0.25, -0.2) is 0 Å². The second kappa shape index (κ2) is 2.08. The van der Waals surface area contributed by atoms with Crippen molar-refractivity contribution in [1.29, 1.82) is 0 Å². The molecule has 0 aromatic rings. The lowest BCUT2D eigenvalue weighted by atomic mass is 9.83. The summed E-state index contributed by atoms with van der Waals surface area (Å²) >= 11 is 0. The number of imide groups is 1. The second-order valence-corrected chi connectivity index (χ2v) is 3.42. The van der Waals surface area contributed by atoms with Crippen molar-refractivity contribution >= 4 is 11.8 Å². The molecule has 1 aliphatic heterocycles. The van der Waals surface area contributed by atoms with Crippen LogP contribution in [-0.2, 0) is 9.59 Å². The molecule has 0 atom stereocenters. The lowest BCUT2D eigenvalue weighted by Crippen LogP contribution is -2.37. The Balaban J connectivity index is 2.68. The fourth-order valence-electron chi connectivity index (χ4n) is 1.10. The van der Waals surface area contributed by atoms with Crippen LogP contribution in [0.15, 0.2) is 0 Å². The van der Waals surface area contributed by atoms with E-state index in [1.165, 1.54) is 0 Å². The first-order chi connectivity index (χ1) is 4.49. The fraction of sp³-hybridized carbons (Fsp3) is 0.714. The van der Waals surface area contributed by atoms with Gasteiger partial charge in [-0.2, -0.15) is 5.32 Å². The highest BCUT2D eigenvalue weighted by molar-refractivity contribution is 5.97. The van der Waals surface area contributed by atoms with Gasteiger partial charge in [0.05, 0.1) is 0 Å². The van der Waals surface area contributed by atoms with E-state index in [4.69, 9.17) is 0 Å². The Labute approximate surface area is 59.8 Å². The molecular weight excluding hydrogens is 130 g/mol. The highest BCUT2D eigenvalue weighted by atomic mass is 16.2. The quantitative estimate of drug-likeness (QED) is 0.459. The van der Waals surface area contributed by atoms with E-state index < -0.39 is 0 Å². The first kappa shape index (κ1) is 7.25. The van der Waals surface area contributed by atoms with Gasteiger partial charge in [0.1, 0.15) is 0 Å². The standard InChI is InChI=1S/C7H10NO2/c1-7(2)3-5(9)8-6(10)4-7/h3-4H2,1-2H3. The predicted molar refractivity (Wildman–Crippen MR) is 35.2 cm³/mol. The van der Waals surface area contributed by atoms with Crippen molar-refractivity contribution in [3.8, 4) is 0 Å². The number of carbonyl (C=O) groups is 2. The molecule has 55 valence electrons. The van der Waals surface area contributed by atoms with Crippen molar-refractivity contribution in [2.45, 2.75) is 26.7 Å². The maximum atomic E-state index is 10.7. The first-order valence-corrected chi connectivity index (χ1v) is 3.27. The molecule has 2 amide bonds. The molecule has 1 rings (SSSR count). The molecule has 0 spiro atoms. The van der Waals surface area contributed by atoms with Crippen LogP contribution in [0.5, 0.6) is 0 Å². The van der Waals surface area contributed by atoms with E-state index in [9.17, 15) is 9.59 Å². The fourth-order valence-corrected chi connectivity index (χ4v) is 1.10. The number of amides is 2. The molecule has 1 saturated heterocycles. The zero-order chi connectivity index (χ0) is 7.78. The summed E-state index contributed by atoms with van der Waals surface area (Å²) in [7, 11) is 0. The van der Waals surface area contributed by atoms with Crippen LogP contribution in [0, 0.1) is 5.41 Å². The summed E-state index contributed by atoms with van der Waals surface area (Å²) in [6.07, 6.45) is 0.803. The van der Waals surface area contributed by atoms with E-state index in [0.29, 0.717) is 12.8 Å². The number of piperidine rings is 1. The Morgan fingerprint density at radius 2 is 1.60 bits per heavy atom. The largest absolute Gasteiger partial charge is 0.272 e. The van der Waals surface area contributed by atoms with Gasteiger partial charge < -0.3 is 0 Å². The van der Waals surface area contributed by atoms with Crippen molar-refractivity contribution in [2.24, 2.45) is 5.41 Å². The van der Waals surface area contributed by atoms with Crippen molar-refractivity contribution in [3.63, 3.8) is 0 Å². The molecule has 0 aromatic carbocycles. The molecule has 0 aromatic heterocycles. The van der Waals surface area contributed by atoms with Crippen molar-refractivity contribution < 1.29 is 9.59 Å². The highest BCUT2D eigenvalue weighted by Crippen LogP contribution is 2.27. The Morgan fingerprint density at radius 1 is 1.20 bits per heavy atom. The molecule has 0 saturated carbocycles. The van der Waals surface area contributed by atoms with Gasteiger partial charge in [0.2, 0.25) is 11.8 Å². The molecule has 0 aliphatic carbocycles. The zero-order valence-electron chi connectivity index (χ0n) is 6.18. The predicted octanol–water partition coefficient (Wildman–Crippen LogP) is 0.464. The minimum absolute atomic E-state index is 0.171. The van der Waals surface area contributed by atoms with Crippen LogP contribution in [0.3, 0.4) is 0 Å². The normalized spacial score (nSPS) is 24.2. The summed E-state index contributed by atoms with van der Waals surface area (Å²) < 4.78 is 0. The number of nitrogens with zero attached hydrogens (tertiary/aromatic N) is 1. The molecule has 1 aliphatic rings. The van der Waals surface area contributed by atoms with Crippen LogP contribution >= 0.6 is 0 Å². The Morgan fingerprint density at radius 3 is 1.90 bits per heavy atom. The Hall–Kier alpha value is -0.860. The van der Waals surface area contributed by atoms with E-state index in [0.717, 1.165) is 0 Å². The van der Waals surface area contributed by atoms with Gasteiger partial charge in [0.15, 0.2) is 0 Å². The molecule has 1 fully saturated rings. The van der Waals surface area contributed by atoms with Crippen LogP contribution in [0.4, 0.5) is 0 Å². The summed E-state index contributed by atoms with van der Waals surface area (Å²) in [5, 5.41) is 3.30. The smallest absolute Gasteiger partial charge is 0.249 e. The summed E-state index contributed by atoms with van der Waals surface area (Å²) in [6, 6.07) is 0. The van der Waals surface area contributed by atoms with E-state index in [1.54, 1.807) is 0 Å². The lowest BCUT2D eigenvalue weighted by Gasteiger charge is -2.25. The molecule has 10 heavy (non-hydrogen) atoms. The van der Waals surface area contributed by atoms with Crippen LogP contribution in [-0.4, -0.2) is 11.8 Å². The number of carbonyl (C=O) groups excluding carboxylic acids is 2. The molecular formula is C7H10NO2. The van der Waals surface area contributed by atoms with Crippen LogP contribution in [0.25, 0.3) is 0 Å². The third-order valence-electron chi connectivity index (χ3n) is 1.51. The van der Waals surface area contributed by atoms with Gasteiger partial charge in [-0.05, 0) is 5.41 Å². The monoisotopic (exact) mass is 140 g/mol. The maximum absolute atomic E-state index is 10.7. The van der Waals surface area contributed by atoms with Crippen molar-refractivity contribution in [2.75, 3.05) is 0 Å². The summed E-state index contributed by atoms with van der Waals surface area (Å²) in [4.78, 5) is 21.4. The third kappa shape index (κ3) is 1.56. The van der Waals surface area contributed by atoms with Gasteiger partial charge >= 0.3 is 0 Å². The minimum atomic E-state index is -0.277. The molecule has 0 unspecified atom stereocenters. The van der Waals surface area contributed by atoms with E-state index >= 15 is 0 Å². The minimum Gasteiger partial charge on any atom is -0.272 e. The van der Waals surface area contributed by atoms with E-state index in [-0.39, 0.29) is 17.2 Å². The number of rotatable bonds is 0. The van der Waals surface area contributed by atoms with Crippen LogP contribution in [0.2, 0.25) is 0 Å². The zero-order valence-corrected chi connectivity index (χ0v) is 6.18. The molecule has 0 bridgehead atoms. The van der Waals surface area contributed by atoms with Gasteiger partial charge in [0.25, 0.3) is 0 Å². The van der Waals surface area contributed by atoms with E-state index in [1.807, 2.05) is 13.8 Å². The Kier molecular flexibility index (Phi) is 1.50. The van der Waals surface area contributed by atoms with Gasteiger partial charge in [-0.3, -0.25) is 9.59 Å². The SMILES string of the molecule is CC1(C)CC(=O)[N]C(=O)C1. The first-order valence-electron chi connectivity index (χ1n) is 3.27. The van der Waals surface area contributed by atoms with Gasteiger partial charge in [-0.1, -0.05) is 13.8 Å². The molecule has 1 heterocycles. The average Bonchev–Trinajstić information content (AvgIpc) is 1.54. The van der Waals surface area contributed by atoms with Crippen molar-refractivity contribution in [1.82, 2.24) is 5.32 Å². The average molecular weight is 140 g/mol. The van der Waals surface area contributed by atoms with Gasteiger partial charge in [0, 0.05) is 12.8 Å². The molecule has 0 N–H and O–H groups in total. The Bertz CT molecular complexity index is 166. The van der Waals surface area contributed by atoms with E-state index in [2.05, 4.69) is 5.32 Å². The summed E-state index contributed by atoms with van der Waals surface area (Å²) in [5.74, 6) is -0.553. The molecule has 1 radical (unpaired) electrons. The second-order valence-electron chi connectivity index (χ2n) is 3.42. The van der Waals surface area contributed by atoms with Crippen molar-refractivity contribution in [3.05, 3.63) is 0 Å². The molecule has 3 nitrogen and oxygen atoms in total. The van der Waals surface area contributed by atoms with Crippen LogP contribution < -0.4 is 5.32 Å². The third-order valence-corrected chi connectivity index (χ3v) is 1.51. The summed E-state index contributed by atoms with van der Waals surface area (Å²) in [6.45, 7) is 3.80. The van der Waals surface area contributed by atoms with Crippen LogP contribution in [0.1, 0.15) is 26.7 Å². The number of hydrogen-bond acceptors (Lipinski definition) is 2. The highest BCUT2D eigenvalue weighted by Gasteiger charge is 2.32.